The third-order valence-electron chi connectivity index (χ3n) is 3.72. The van der Waals surface area contributed by atoms with Crippen LogP contribution in [0.3, 0.4) is 0 Å². The van der Waals surface area contributed by atoms with Crippen molar-refractivity contribution in [1.29, 1.82) is 0 Å². The fourth-order valence-corrected chi connectivity index (χ4v) is 2.89. The fourth-order valence-electron chi connectivity index (χ4n) is 2.58. The molecule has 0 unspecified atom stereocenters. The van der Waals surface area contributed by atoms with Crippen LogP contribution < -0.4 is 10.6 Å². The minimum atomic E-state index is 0.542. The summed E-state index contributed by atoms with van der Waals surface area (Å²) >= 11 is 3.55. The summed E-state index contributed by atoms with van der Waals surface area (Å²) in [6, 6.07) is 0.542. The molecule has 1 aliphatic rings. The van der Waals surface area contributed by atoms with Crippen LogP contribution in [0.25, 0.3) is 0 Å². The largest absolute Gasteiger partial charge is 0.366 e. The molecule has 5 heteroatoms. The first-order valence-corrected chi connectivity index (χ1v) is 8.62. The molecular weight excluding hydrogens is 316 g/mol. The second-order valence-electron chi connectivity index (χ2n) is 5.50. The van der Waals surface area contributed by atoms with Crippen LogP contribution in [0.5, 0.6) is 0 Å². The van der Waals surface area contributed by atoms with Crippen LogP contribution in [0.2, 0.25) is 0 Å². The third kappa shape index (κ3) is 4.93. The highest BCUT2D eigenvalue weighted by molar-refractivity contribution is 9.10. The molecule has 2 N–H and O–H groups in total. The predicted molar refractivity (Wildman–Crippen MR) is 88.2 cm³/mol. The quantitative estimate of drug-likeness (QED) is 0.823. The molecule has 2 rings (SSSR count). The fraction of sp³-hybridized carbons (Fsp3) is 0.733. The van der Waals surface area contributed by atoms with E-state index in [1.807, 2.05) is 6.20 Å². The Morgan fingerprint density at radius 1 is 1.20 bits per heavy atom. The van der Waals surface area contributed by atoms with E-state index in [-0.39, 0.29) is 0 Å². The van der Waals surface area contributed by atoms with E-state index in [0.29, 0.717) is 12.0 Å². The molecule has 0 amide bonds. The molecule has 1 saturated carbocycles. The van der Waals surface area contributed by atoms with Crippen LogP contribution in [-0.2, 0) is 0 Å². The lowest BCUT2D eigenvalue weighted by atomic mass is 9.97. The maximum Gasteiger partial charge on any atom is 0.224 e. The van der Waals surface area contributed by atoms with Gasteiger partial charge in [-0.2, -0.15) is 4.98 Å². The van der Waals surface area contributed by atoms with Crippen LogP contribution in [-0.4, -0.2) is 22.6 Å². The lowest BCUT2D eigenvalue weighted by Crippen LogP contribution is -2.22. The Kier molecular flexibility index (Phi) is 6.57. The van der Waals surface area contributed by atoms with Gasteiger partial charge >= 0.3 is 0 Å². The molecule has 0 spiro atoms. The van der Waals surface area contributed by atoms with Crippen molar-refractivity contribution in [2.24, 2.45) is 0 Å². The van der Waals surface area contributed by atoms with Gasteiger partial charge in [0.15, 0.2) is 0 Å². The van der Waals surface area contributed by atoms with Crippen LogP contribution in [0.1, 0.15) is 58.3 Å². The highest BCUT2D eigenvalue weighted by atomic mass is 79.9. The normalized spacial score (nSPS) is 17.3. The molecule has 1 aromatic rings. The summed E-state index contributed by atoms with van der Waals surface area (Å²) in [6.45, 7) is 3.05. The number of rotatable bonds is 5. The van der Waals surface area contributed by atoms with Gasteiger partial charge in [0.05, 0.1) is 4.47 Å². The Morgan fingerprint density at radius 3 is 2.60 bits per heavy atom. The van der Waals surface area contributed by atoms with E-state index in [9.17, 15) is 0 Å². The number of hydrogen-bond acceptors (Lipinski definition) is 4. The Labute approximate surface area is 130 Å². The Bertz CT molecular complexity index is 403. The van der Waals surface area contributed by atoms with E-state index in [1.165, 1.54) is 44.9 Å². The molecule has 0 atom stereocenters. The number of halogens is 1. The molecule has 1 heterocycles. The summed E-state index contributed by atoms with van der Waals surface area (Å²) in [7, 11) is 0. The standard InChI is InChI=1S/C15H25BrN4/c1-2-10-17-15-18-11-13(16)14(20-15)19-12-8-6-4-3-5-7-9-12/h11-12H,2-10H2,1H3,(H2,17,18,19,20). The van der Waals surface area contributed by atoms with Gasteiger partial charge in [0.2, 0.25) is 5.95 Å². The Balaban J connectivity index is 1.98. The maximum absolute atomic E-state index is 4.58. The number of nitrogens with zero attached hydrogens (tertiary/aromatic N) is 2. The first-order chi connectivity index (χ1) is 9.79. The molecule has 1 aromatic heterocycles. The molecular formula is C15H25BrN4. The van der Waals surface area contributed by atoms with Gasteiger partial charge in [-0.05, 0) is 35.2 Å². The average Bonchev–Trinajstić information content (AvgIpc) is 2.42. The van der Waals surface area contributed by atoms with E-state index in [4.69, 9.17) is 0 Å². The van der Waals surface area contributed by atoms with Gasteiger partial charge < -0.3 is 10.6 Å². The molecule has 1 aliphatic carbocycles. The van der Waals surface area contributed by atoms with Gasteiger partial charge in [-0.3, -0.25) is 0 Å². The van der Waals surface area contributed by atoms with Gasteiger partial charge in [0.1, 0.15) is 5.82 Å². The van der Waals surface area contributed by atoms with Crippen LogP contribution in [0, 0.1) is 0 Å². The third-order valence-corrected chi connectivity index (χ3v) is 4.30. The van der Waals surface area contributed by atoms with E-state index in [1.54, 1.807) is 0 Å². The monoisotopic (exact) mass is 340 g/mol. The molecule has 0 saturated heterocycles. The summed E-state index contributed by atoms with van der Waals surface area (Å²) < 4.78 is 0.946. The van der Waals surface area contributed by atoms with Crippen molar-refractivity contribution in [1.82, 2.24) is 9.97 Å². The Morgan fingerprint density at radius 2 is 1.90 bits per heavy atom. The van der Waals surface area contributed by atoms with Crippen molar-refractivity contribution < 1.29 is 0 Å². The van der Waals surface area contributed by atoms with Gasteiger partial charge in [0.25, 0.3) is 0 Å². The van der Waals surface area contributed by atoms with E-state index in [0.717, 1.165) is 23.3 Å². The lowest BCUT2D eigenvalue weighted by molar-refractivity contribution is 0.470. The van der Waals surface area contributed by atoms with Crippen molar-refractivity contribution >= 4 is 27.7 Å². The van der Waals surface area contributed by atoms with E-state index < -0.39 is 0 Å². The zero-order chi connectivity index (χ0) is 14.2. The lowest BCUT2D eigenvalue weighted by Gasteiger charge is -2.22. The second kappa shape index (κ2) is 8.45. The Hall–Kier alpha value is -0.840. The average molecular weight is 341 g/mol. The summed E-state index contributed by atoms with van der Waals surface area (Å²) in [5.41, 5.74) is 0. The smallest absolute Gasteiger partial charge is 0.224 e. The molecule has 0 aliphatic heterocycles. The van der Waals surface area contributed by atoms with Crippen molar-refractivity contribution in [3.63, 3.8) is 0 Å². The first kappa shape index (κ1) is 15.5. The summed E-state index contributed by atoms with van der Waals surface area (Å²) in [5, 5.41) is 6.83. The molecule has 0 bridgehead atoms. The zero-order valence-electron chi connectivity index (χ0n) is 12.3. The second-order valence-corrected chi connectivity index (χ2v) is 6.36. The van der Waals surface area contributed by atoms with Gasteiger partial charge in [-0.1, -0.05) is 39.0 Å². The van der Waals surface area contributed by atoms with Crippen LogP contribution >= 0.6 is 15.9 Å². The summed E-state index contributed by atoms with van der Waals surface area (Å²) in [6.07, 6.45) is 12.2. The zero-order valence-corrected chi connectivity index (χ0v) is 13.9. The van der Waals surface area contributed by atoms with Gasteiger partial charge in [0, 0.05) is 18.8 Å². The van der Waals surface area contributed by atoms with Crippen molar-refractivity contribution in [3.05, 3.63) is 10.7 Å². The van der Waals surface area contributed by atoms with E-state index in [2.05, 4.69) is 43.5 Å². The molecule has 0 aromatic carbocycles. The minimum Gasteiger partial charge on any atom is -0.366 e. The highest BCUT2D eigenvalue weighted by Crippen LogP contribution is 2.25. The maximum atomic E-state index is 4.58. The molecule has 112 valence electrons. The molecule has 1 fully saturated rings. The van der Waals surface area contributed by atoms with Crippen molar-refractivity contribution in [2.45, 2.75) is 64.3 Å². The van der Waals surface area contributed by atoms with Crippen molar-refractivity contribution in [2.75, 3.05) is 17.2 Å². The number of aromatic nitrogens is 2. The van der Waals surface area contributed by atoms with Crippen LogP contribution in [0.4, 0.5) is 11.8 Å². The topological polar surface area (TPSA) is 49.8 Å². The predicted octanol–water partition coefficient (Wildman–Crippen LogP) is 4.59. The number of hydrogen-bond donors (Lipinski definition) is 2. The minimum absolute atomic E-state index is 0.542. The summed E-state index contributed by atoms with van der Waals surface area (Å²) in [4.78, 5) is 8.87. The molecule has 0 radical (unpaired) electrons. The van der Waals surface area contributed by atoms with Gasteiger partial charge in [-0.15, -0.1) is 0 Å². The number of anilines is 2. The highest BCUT2D eigenvalue weighted by Gasteiger charge is 2.14. The SMILES string of the molecule is CCCNc1ncc(Br)c(NC2CCCCCCC2)n1. The van der Waals surface area contributed by atoms with Gasteiger partial charge in [-0.25, -0.2) is 4.98 Å². The van der Waals surface area contributed by atoms with Crippen LogP contribution in [0.15, 0.2) is 10.7 Å². The number of nitrogens with one attached hydrogen (secondary N) is 2. The first-order valence-electron chi connectivity index (χ1n) is 7.82. The molecule has 4 nitrogen and oxygen atoms in total. The summed E-state index contributed by atoms with van der Waals surface area (Å²) in [5.74, 6) is 1.63. The van der Waals surface area contributed by atoms with Crippen molar-refractivity contribution in [3.8, 4) is 0 Å². The molecule has 20 heavy (non-hydrogen) atoms. The van der Waals surface area contributed by atoms with E-state index >= 15 is 0 Å².